The Hall–Kier alpha value is -3.45. The van der Waals surface area contributed by atoms with Crippen LogP contribution in [0.1, 0.15) is 22.8 Å². The Labute approximate surface area is 151 Å². The minimum absolute atomic E-state index is 0.0817. The smallest absolute Gasteiger partial charge is 0.342 e. The third kappa shape index (κ3) is 4.14. The van der Waals surface area contributed by atoms with Crippen LogP contribution in [0, 0.1) is 21.4 Å². The number of benzene rings is 1. The number of esters is 1. The number of amides is 1. The molecule has 2 rings (SSSR count). The highest BCUT2D eigenvalue weighted by Crippen LogP contribution is 2.26. The maximum atomic E-state index is 12.3. The third-order valence-corrected chi connectivity index (χ3v) is 4.12. The zero-order valence-electron chi connectivity index (χ0n) is 13.7. The number of rotatable bonds is 6. The lowest BCUT2D eigenvalue weighted by Crippen LogP contribution is -2.30. The number of carbonyl (C=O) groups is 2. The second kappa shape index (κ2) is 8.09. The van der Waals surface area contributed by atoms with Crippen molar-refractivity contribution in [1.82, 2.24) is 0 Å². The van der Waals surface area contributed by atoms with Crippen LogP contribution in [0.5, 0.6) is 5.75 Å². The van der Waals surface area contributed by atoms with E-state index < -0.39 is 22.9 Å². The average molecular weight is 375 g/mol. The van der Waals surface area contributed by atoms with Crippen molar-refractivity contribution < 1.29 is 24.0 Å². The maximum Gasteiger partial charge on any atom is 0.342 e. The van der Waals surface area contributed by atoms with E-state index in [9.17, 15) is 19.7 Å². The van der Waals surface area contributed by atoms with Gasteiger partial charge in [0.25, 0.3) is 11.6 Å². The summed E-state index contributed by atoms with van der Waals surface area (Å²) in [5.41, 5.74) is -0.190. The molecule has 1 heterocycles. The number of hydrogen-bond donors (Lipinski definition) is 1. The van der Waals surface area contributed by atoms with Crippen LogP contribution in [0.25, 0.3) is 0 Å². The number of methoxy groups -OCH3 is 1. The molecule has 1 atom stereocenters. The minimum atomic E-state index is -1.19. The predicted molar refractivity (Wildman–Crippen MR) is 92.2 cm³/mol. The van der Waals surface area contributed by atoms with Gasteiger partial charge < -0.3 is 14.8 Å². The zero-order chi connectivity index (χ0) is 19.3. The van der Waals surface area contributed by atoms with Gasteiger partial charge in [0.2, 0.25) is 0 Å². The Bertz CT molecular complexity index is 902. The number of thiophene rings is 1. The highest BCUT2D eigenvalue weighted by molar-refractivity contribution is 7.14. The lowest BCUT2D eigenvalue weighted by atomic mass is 10.1. The summed E-state index contributed by atoms with van der Waals surface area (Å²) in [5.74, 6) is -1.50. The molecule has 1 aromatic heterocycles. The van der Waals surface area contributed by atoms with Crippen LogP contribution in [0.15, 0.2) is 29.6 Å². The number of hydrogen-bond acceptors (Lipinski definition) is 8. The van der Waals surface area contributed by atoms with E-state index in [1.54, 1.807) is 11.4 Å². The van der Waals surface area contributed by atoms with E-state index in [1.807, 2.05) is 6.07 Å². The van der Waals surface area contributed by atoms with Crippen LogP contribution >= 0.6 is 11.3 Å². The first-order chi connectivity index (χ1) is 12.4. The molecule has 0 spiro atoms. The lowest BCUT2D eigenvalue weighted by Gasteiger charge is -2.14. The van der Waals surface area contributed by atoms with E-state index in [0.29, 0.717) is 10.6 Å². The number of nitrogens with zero attached hydrogens (tertiary/aromatic N) is 2. The van der Waals surface area contributed by atoms with Gasteiger partial charge in [-0.2, -0.15) is 5.26 Å². The minimum Gasteiger partial charge on any atom is -0.496 e. The summed E-state index contributed by atoms with van der Waals surface area (Å²) in [6.45, 7) is 1.34. The summed E-state index contributed by atoms with van der Waals surface area (Å²) in [7, 11) is 1.30. The van der Waals surface area contributed by atoms with E-state index in [4.69, 9.17) is 14.7 Å². The molecule has 0 fully saturated rings. The van der Waals surface area contributed by atoms with Gasteiger partial charge in [0.15, 0.2) is 6.10 Å². The second-order valence-electron chi connectivity index (χ2n) is 4.95. The molecular weight excluding hydrogens is 362 g/mol. The summed E-state index contributed by atoms with van der Waals surface area (Å²) in [5, 5.41) is 24.3. The van der Waals surface area contributed by atoms with Crippen molar-refractivity contribution in [2.24, 2.45) is 0 Å². The van der Waals surface area contributed by atoms with Crippen LogP contribution in [0.3, 0.4) is 0 Å². The molecule has 9 nitrogen and oxygen atoms in total. The van der Waals surface area contributed by atoms with Crippen molar-refractivity contribution in [2.45, 2.75) is 13.0 Å². The fraction of sp³-hybridized carbons (Fsp3) is 0.188. The summed E-state index contributed by atoms with van der Waals surface area (Å²) in [6, 6.07) is 6.94. The van der Waals surface area contributed by atoms with E-state index >= 15 is 0 Å². The number of non-ortho nitro benzene ring substituents is 1. The van der Waals surface area contributed by atoms with E-state index in [2.05, 4.69) is 5.32 Å². The van der Waals surface area contributed by atoms with Gasteiger partial charge in [-0.1, -0.05) is 0 Å². The molecule has 0 bridgehead atoms. The predicted octanol–water partition coefficient (Wildman–Crippen LogP) is 2.72. The van der Waals surface area contributed by atoms with Gasteiger partial charge in [-0.3, -0.25) is 14.9 Å². The van der Waals surface area contributed by atoms with Gasteiger partial charge >= 0.3 is 5.97 Å². The molecule has 0 unspecified atom stereocenters. The van der Waals surface area contributed by atoms with Crippen molar-refractivity contribution in [1.29, 1.82) is 5.26 Å². The second-order valence-corrected chi connectivity index (χ2v) is 5.87. The number of anilines is 1. The maximum absolute atomic E-state index is 12.3. The number of nitro benzene ring substituents is 1. The third-order valence-electron chi connectivity index (χ3n) is 3.29. The molecule has 2 aromatic rings. The lowest BCUT2D eigenvalue weighted by molar-refractivity contribution is -0.384. The molecular formula is C16H13N3O6S. The van der Waals surface area contributed by atoms with Gasteiger partial charge in [-0.25, -0.2) is 4.79 Å². The number of nitro groups is 1. The molecule has 1 N–H and O–H groups in total. The van der Waals surface area contributed by atoms with Crippen LogP contribution in [-0.2, 0) is 9.53 Å². The number of ether oxygens (including phenoxy) is 2. The number of nitriles is 1. The highest BCUT2D eigenvalue weighted by Gasteiger charge is 2.24. The zero-order valence-corrected chi connectivity index (χ0v) is 14.5. The van der Waals surface area contributed by atoms with Crippen molar-refractivity contribution in [3.63, 3.8) is 0 Å². The summed E-state index contributed by atoms with van der Waals surface area (Å²) in [6.07, 6.45) is -1.19. The highest BCUT2D eigenvalue weighted by atomic mass is 32.1. The first kappa shape index (κ1) is 18.9. The standard InChI is InChI=1S/C16H13N3O6S/c1-9(14(20)18-15-10(8-17)5-6-26-15)25-16(21)12-7-11(19(22)23)3-4-13(12)24-2/h3-7,9H,1-2H3,(H,18,20)/t9-/m1/s1. The largest absolute Gasteiger partial charge is 0.496 e. The van der Waals surface area contributed by atoms with Gasteiger partial charge in [0, 0.05) is 12.1 Å². The number of carbonyl (C=O) groups excluding carboxylic acids is 2. The molecule has 0 aliphatic carbocycles. The topological polar surface area (TPSA) is 132 Å². The summed E-state index contributed by atoms with van der Waals surface area (Å²) in [4.78, 5) is 34.6. The molecule has 0 radical (unpaired) electrons. The first-order valence-electron chi connectivity index (χ1n) is 7.19. The Balaban J connectivity index is 2.13. The van der Waals surface area contributed by atoms with Gasteiger partial charge in [-0.15, -0.1) is 11.3 Å². The molecule has 1 amide bonds. The molecule has 0 aliphatic rings. The van der Waals surface area contributed by atoms with E-state index in [-0.39, 0.29) is 17.0 Å². The fourth-order valence-corrected chi connectivity index (χ4v) is 2.69. The van der Waals surface area contributed by atoms with Crippen LogP contribution in [0.2, 0.25) is 0 Å². The van der Waals surface area contributed by atoms with Crippen LogP contribution in [0.4, 0.5) is 10.7 Å². The Morgan fingerprint density at radius 1 is 1.38 bits per heavy atom. The molecule has 134 valence electrons. The van der Waals surface area contributed by atoms with Gasteiger partial charge in [-0.05, 0) is 24.4 Å². The number of nitrogens with one attached hydrogen (secondary N) is 1. The molecule has 0 saturated heterocycles. The Morgan fingerprint density at radius 2 is 2.12 bits per heavy atom. The van der Waals surface area contributed by atoms with Crippen LogP contribution < -0.4 is 10.1 Å². The monoisotopic (exact) mass is 375 g/mol. The van der Waals surface area contributed by atoms with Crippen LogP contribution in [-0.4, -0.2) is 30.0 Å². The molecule has 26 heavy (non-hydrogen) atoms. The first-order valence-corrected chi connectivity index (χ1v) is 8.07. The Kier molecular flexibility index (Phi) is 5.87. The molecule has 10 heteroatoms. The normalized spacial score (nSPS) is 11.1. The van der Waals surface area contributed by atoms with Crippen molar-refractivity contribution >= 4 is 33.9 Å². The molecule has 0 aliphatic heterocycles. The van der Waals surface area contributed by atoms with E-state index in [0.717, 1.165) is 17.4 Å². The molecule has 1 aromatic carbocycles. The SMILES string of the molecule is COc1ccc([N+](=O)[O-])cc1C(=O)O[C@H](C)C(=O)Nc1sccc1C#N. The summed E-state index contributed by atoms with van der Waals surface area (Å²) >= 11 is 1.16. The summed E-state index contributed by atoms with van der Waals surface area (Å²) < 4.78 is 10.1. The Morgan fingerprint density at radius 3 is 2.73 bits per heavy atom. The quantitative estimate of drug-likeness (QED) is 0.466. The van der Waals surface area contributed by atoms with Gasteiger partial charge in [0.1, 0.15) is 22.4 Å². The van der Waals surface area contributed by atoms with E-state index in [1.165, 1.54) is 26.2 Å². The molecule has 0 saturated carbocycles. The average Bonchev–Trinajstić information content (AvgIpc) is 3.07. The van der Waals surface area contributed by atoms with Gasteiger partial charge in [0.05, 0.1) is 17.6 Å². The van der Waals surface area contributed by atoms with Crippen molar-refractivity contribution in [3.8, 4) is 11.8 Å². The fourth-order valence-electron chi connectivity index (χ4n) is 1.95. The van der Waals surface area contributed by atoms with Crippen molar-refractivity contribution in [2.75, 3.05) is 12.4 Å². The van der Waals surface area contributed by atoms with Crippen molar-refractivity contribution in [3.05, 3.63) is 50.9 Å².